The van der Waals surface area contributed by atoms with Gasteiger partial charge in [-0.05, 0) is 53.8 Å². The molecule has 0 aliphatic heterocycles. The van der Waals surface area contributed by atoms with Gasteiger partial charge >= 0.3 is 0 Å². The summed E-state index contributed by atoms with van der Waals surface area (Å²) in [7, 11) is 0. The lowest BCUT2D eigenvalue weighted by Crippen LogP contribution is -2.25. The van der Waals surface area contributed by atoms with Crippen LogP contribution < -0.4 is 10.2 Å². The molecule has 2 aromatic rings. The zero-order chi connectivity index (χ0) is 20.0. The summed E-state index contributed by atoms with van der Waals surface area (Å²) in [5, 5.41) is 14.4. The third kappa shape index (κ3) is 5.89. The molecule has 0 saturated carbocycles. The van der Waals surface area contributed by atoms with Crippen LogP contribution in [0, 0.1) is 17.0 Å². The van der Waals surface area contributed by atoms with E-state index in [1.807, 2.05) is 19.1 Å². The van der Waals surface area contributed by atoms with Crippen LogP contribution in [-0.4, -0.2) is 23.7 Å². The summed E-state index contributed by atoms with van der Waals surface area (Å²) in [5.74, 6) is 0.517. The maximum atomic E-state index is 11.9. The van der Waals surface area contributed by atoms with Crippen molar-refractivity contribution < 1.29 is 14.5 Å². The second kappa shape index (κ2) is 9.27. The number of amides is 1. The zero-order valence-electron chi connectivity index (χ0n) is 15.2. The van der Waals surface area contributed by atoms with Crippen LogP contribution in [0.15, 0.2) is 46.0 Å². The number of hydrogen-bond donors (Lipinski definition) is 1. The van der Waals surface area contributed by atoms with Gasteiger partial charge in [0.05, 0.1) is 11.1 Å². The summed E-state index contributed by atoms with van der Waals surface area (Å²) in [5.41, 5.74) is 5.03. The lowest BCUT2D eigenvalue weighted by molar-refractivity contribution is -0.384. The van der Waals surface area contributed by atoms with Crippen molar-refractivity contribution in [2.24, 2.45) is 5.10 Å². The molecule has 1 amide bonds. The van der Waals surface area contributed by atoms with Crippen molar-refractivity contribution in [3.8, 4) is 5.75 Å². The van der Waals surface area contributed by atoms with Crippen molar-refractivity contribution in [2.75, 3.05) is 6.61 Å². The molecule has 7 nitrogen and oxygen atoms in total. The summed E-state index contributed by atoms with van der Waals surface area (Å²) in [6.07, 6.45) is 1.41. The Labute approximate surface area is 165 Å². The molecule has 0 aromatic heterocycles. The van der Waals surface area contributed by atoms with E-state index >= 15 is 0 Å². The van der Waals surface area contributed by atoms with Crippen LogP contribution in [-0.2, 0) is 4.79 Å². The SMILES string of the molecule is Cc1cc(OCC(=O)N/N=C/c2ccc([N+](=O)[O-])cc2)c(C(C)C)cc1Br. The van der Waals surface area contributed by atoms with Crippen LogP contribution in [0.1, 0.15) is 36.5 Å². The quantitative estimate of drug-likeness (QED) is 0.399. The first-order valence-electron chi connectivity index (χ1n) is 8.27. The van der Waals surface area contributed by atoms with Crippen LogP contribution in [0.3, 0.4) is 0 Å². The average Bonchev–Trinajstić information content (AvgIpc) is 2.62. The number of hydrazone groups is 1. The Bertz CT molecular complexity index is 864. The van der Waals surface area contributed by atoms with Crippen LogP contribution in [0.2, 0.25) is 0 Å². The highest BCUT2D eigenvalue weighted by atomic mass is 79.9. The Kier molecular flexibility index (Phi) is 7.06. The van der Waals surface area contributed by atoms with E-state index in [4.69, 9.17) is 4.74 Å². The van der Waals surface area contributed by atoms with Crippen molar-refractivity contribution in [1.82, 2.24) is 5.43 Å². The summed E-state index contributed by atoms with van der Waals surface area (Å²) < 4.78 is 6.66. The lowest BCUT2D eigenvalue weighted by Gasteiger charge is -2.15. The van der Waals surface area contributed by atoms with E-state index in [0.717, 1.165) is 15.6 Å². The number of aryl methyl sites for hydroxylation is 1. The summed E-state index contributed by atoms with van der Waals surface area (Å²) >= 11 is 3.51. The number of rotatable bonds is 7. The molecule has 0 fully saturated rings. The molecule has 142 valence electrons. The average molecular weight is 434 g/mol. The third-order valence-corrected chi connectivity index (χ3v) is 4.63. The monoisotopic (exact) mass is 433 g/mol. The number of hydrogen-bond acceptors (Lipinski definition) is 5. The van der Waals surface area contributed by atoms with Gasteiger partial charge < -0.3 is 4.74 Å². The number of nitro groups is 1. The molecule has 8 heteroatoms. The minimum Gasteiger partial charge on any atom is -0.483 e. The van der Waals surface area contributed by atoms with Gasteiger partial charge in [0.1, 0.15) is 5.75 Å². The number of halogens is 1. The van der Waals surface area contributed by atoms with E-state index in [1.165, 1.54) is 18.3 Å². The van der Waals surface area contributed by atoms with Gasteiger partial charge in [0.2, 0.25) is 0 Å². The minimum atomic E-state index is -0.477. The van der Waals surface area contributed by atoms with E-state index < -0.39 is 10.8 Å². The van der Waals surface area contributed by atoms with Crippen LogP contribution >= 0.6 is 15.9 Å². The predicted molar refractivity (Wildman–Crippen MR) is 107 cm³/mol. The van der Waals surface area contributed by atoms with E-state index in [-0.39, 0.29) is 18.2 Å². The standard InChI is InChI=1S/C19H20BrN3O4/c1-12(2)16-9-17(20)13(3)8-18(16)27-11-19(24)22-21-10-14-4-6-15(7-5-14)23(25)26/h4-10,12H,11H2,1-3H3,(H,22,24)/b21-10+. The second-order valence-electron chi connectivity index (χ2n) is 6.22. The molecule has 0 atom stereocenters. The maximum Gasteiger partial charge on any atom is 0.277 e. The summed E-state index contributed by atoms with van der Waals surface area (Å²) in [6.45, 7) is 5.89. The Balaban J connectivity index is 1.93. The molecule has 2 rings (SSSR count). The Morgan fingerprint density at radius 3 is 2.59 bits per heavy atom. The van der Waals surface area contributed by atoms with Gasteiger partial charge in [-0.15, -0.1) is 0 Å². The fraction of sp³-hybridized carbons (Fsp3) is 0.263. The number of non-ortho nitro benzene ring substituents is 1. The molecule has 0 aliphatic carbocycles. The molecule has 0 spiro atoms. The van der Waals surface area contributed by atoms with Crippen molar-refractivity contribution >= 4 is 33.7 Å². The first-order chi connectivity index (χ1) is 12.8. The highest BCUT2D eigenvalue weighted by molar-refractivity contribution is 9.10. The first kappa shape index (κ1) is 20.6. The van der Waals surface area contributed by atoms with Gasteiger partial charge in [-0.3, -0.25) is 14.9 Å². The molecule has 0 unspecified atom stereocenters. The molecule has 0 bridgehead atoms. The molecule has 1 N–H and O–H groups in total. The fourth-order valence-electron chi connectivity index (χ4n) is 2.28. The largest absolute Gasteiger partial charge is 0.483 e. The first-order valence-corrected chi connectivity index (χ1v) is 9.06. The Morgan fingerprint density at radius 1 is 1.33 bits per heavy atom. The number of carbonyl (C=O) groups excluding carboxylic acids is 1. The van der Waals surface area contributed by atoms with E-state index in [2.05, 4.69) is 40.3 Å². The second-order valence-corrected chi connectivity index (χ2v) is 7.08. The van der Waals surface area contributed by atoms with E-state index in [0.29, 0.717) is 11.3 Å². The summed E-state index contributed by atoms with van der Waals surface area (Å²) in [6, 6.07) is 9.73. The molecule has 27 heavy (non-hydrogen) atoms. The number of nitro benzene ring substituents is 1. The lowest BCUT2D eigenvalue weighted by atomic mass is 10.0. The zero-order valence-corrected chi connectivity index (χ0v) is 16.8. The van der Waals surface area contributed by atoms with Gasteiger partial charge in [-0.1, -0.05) is 29.8 Å². The van der Waals surface area contributed by atoms with Crippen molar-refractivity contribution in [2.45, 2.75) is 26.7 Å². The van der Waals surface area contributed by atoms with Crippen LogP contribution in [0.25, 0.3) is 0 Å². The third-order valence-electron chi connectivity index (χ3n) is 3.78. The highest BCUT2D eigenvalue weighted by Crippen LogP contribution is 2.32. The fourth-order valence-corrected chi connectivity index (χ4v) is 2.64. The molecule has 2 aromatic carbocycles. The minimum absolute atomic E-state index is 0.00432. The smallest absolute Gasteiger partial charge is 0.277 e. The van der Waals surface area contributed by atoms with Gasteiger partial charge in [0, 0.05) is 16.6 Å². The number of carbonyl (C=O) groups is 1. The Morgan fingerprint density at radius 2 is 2.00 bits per heavy atom. The Hall–Kier alpha value is -2.74. The predicted octanol–water partition coefficient (Wildman–Crippen LogP) is 4.32. The maximum absolute atomic E-state index is 11.9. The molecular weight excluding hydrogens is 414 g/mol. The van der Waals surface area contributed by atoms with Crippen LogP contribution in [0.5, 0.6) is 5.75 Å². The van der Waals surface area contributed by atoms with Gasteiger partial charge in [0.25, 0.3) is 11.6 Å². The molecular formula is C19H20BrN3O4. The molecule has 0 heterocycles. The van der Waals surface area contributed by atoms with Crippen molar-refractivity contribution in [1.29, 1.82) is 0 Å². The molecule has 0 saturated heterocycles. The van der Waals surface area contributed by atoms with E-state index in [1.54, 1.807) is 12.1 Å². The number of benzene rings is 2. The normalized spacial score (nSPS) is 11.0. The van der Waals surface area contributed by atoms with Crippen molar-refractivity contribution in [3.05, 3.63) is 67.7 Å². The van der Waals surface area contributed by atoms with Gasteiger partial charge in [0.15, 0.2) is 6.61 Å². The van der Waals surface area contributed by atoms with Crippen LogP contribution in [0.4, 0.5) is 5.69 Å². The molecule has 0 aliphatic rings. The van der Waals surface area contributed by atoms with Gasteiger partial charge in [-0.2, -0.15) is 5.10 Å². The molecule has 0 radical (unpaired) electrons. The number of ether oxygens (including phenoxy) is 1. The van der Waals surface area contributed by atoms with Crippen molar-refractivity contribution in [3.63, 3.8) is 0 Å². The van der Waals surface area contributed by atoms with E-state index in [9.17, 15) is 14.9 Å². The highest BCUT2D eigenvalue weighted by Gasteiger charge is 2.12. The van der Waals surface area contributed by atoms with Gasteiger partial charge in [-0.25, -0.2) is 5.43 Å². The topological polar surface area (TPSA) is 93.8 Å². The number of nitrogens with one attached hydrogen (secondary N) is 1. The number of nitrogens with zero attached hydrogens (tertiary/aromatic N) is 2. The summed E-state index contributed by atoms with van der Waals surface area (Å²) in [4.78, 5) is 22.1.